The van der Waals surface area contributed by atoms with Crippen molar-refractivity contribution in [1.29, 1.82) is 0 Å². The van der Waals surface area contributed by atoms with Crippen LogP contribution in [0.4, 0.5) is 10.1 Å². The van der Waals surface area contributed by atoms with Gasteiger partial charge in [-0.15, -0.1) is 0 Å². The molecular weight excluding hydrogens is 305 g/mol. The van der Waals surface area contributed by atoms with E-state index in [1.54, 1.807) is 31.2 Å². The summed E-state index contributed by atoms with van der Waals surface area (Å²) in [5.74, 6) is -2.38. The number of aryl methyl sites for hydroxylation is 1. The predicted molar refractivity (Wildman–Crippen MR) is 79.2 cm³/mol. The second-order valence-electron chi connectivity index (χ2n) is 4.65. The van der Waals surface area contributed by atoms with Gasteiger partial charge in [0.15, 0.2) is 0 Å². The summed E-state index contributed by atoms with van der Waals surface area (Å²) in [4.78, 5) is 33.5. The van der Waals surface area contributed by atoms with Gasteiger partial charge in [0, 0.05) is 17.2 Å². The highest BCUT2D eigenvalue weighted by molar-refractivity contribution is 5.99. The van der Waals surface area contributed by atoms with Crippen LogP contribution >= 0.6 is 0 Å². The summed E-state index contributed by atoms with van der Waals surface area (Å²) in [6.45, 7) is 1.74. The van der Waals surface area contributed by atoms with Crippen LogP contribution in [0.15, 0.2) is 42.5 Å². The lowest BCUT2D eigenvalue weighted by atomic mass is 10.1. The molecule has 0 saturated heterocycles. The van der Waals surface area contributed by atoms with Crippen molar-refractivity contribution in [3.05, 3.63) is 75.1 Å². The monoisotopic (exact) mass is 317 g/mol. The minimum absolute atomic E-state index is 0.150. The molecule has 0 aliphatic heterocycles. The third-order valence-corrected chi connectivity index (χ3v) is 3.08. The van der Waals surface area contributed by atoms with Gasteiger partial charge in [-0.1, -0.05) is 18.2 Å². The van der Waals surface area contributed by atoms with Gasteiger partial charge in [-0.25, -0.2) is 0 Å². The standard InChI is InChI=1S/C15H12FN3O4/c1-9-4-2-3-5-11(9)15(21)18-17-14(20)10-6-7-12(16)13(8-10)19(22)23/h2-8H,1H3,(H,17,20)(H,18,21). The first-order chi connectivity index (χ1) is 10.9. The van der Waals surface area contributed by atoms with Crippen molar-refractivity contribution in [2.75, 3.05) is 0 Å². The lowest BCUT2D eigenvalue weighted by Crippen LogP contribution is -2.41. The fourth-order valence-electron chi connectivity index (χ4n) is 1.87. The first-order valence-electron chi connectivity index (χ1n) is 6.50. The number of nitro benzene ring substituents is 1. The molecule has 0 radical (unpaired) electrons. The van der Waals surface area contributed by atoms with Crippen LogP contribution in [-0.4, -0.2) is 16.7 Å². The van der Waals surface area contributed by atoms with Crippen LogP contribution < -0.4 is 10.9 Å². The van der Waals surface area contributed by atoms with Gasteiger partial charge < -0.3 is 0 Å². The van der Waals surface area contributed by atoms with Crippen LogP contribution in [0, 0.1) is 22.9 Å². The number of nitrogens with one attached hydrogen (secondary N) is 2. The molecule has 0 aliphatic carbocycles. The van der Waals surface area contributed by atoms with Gasteiger partial charge >= 0.3 is 5.69 Å². The van der Waals surface area contributed by atoms with Crippen LogP contribution in [0.2, 0.25) is 0 Å². The third-order valence-electron chi connectivity index (χ3n) is 3.08. The predicted octanol–water partition coefficient (Wildman–Crippen LogP) is 2.12. The number of halogens is 1. The van der Waals surface area contributed by atoms with E-state index in [4.69, 9.17) is 0 Å². The van der Waals surface area contributed by atoms with Crippen LogP contribution in [0.1, 0.15) is 26.3 Å². The fourth-order valence-corrected chi connectivity index (χ4v) is 1.87. The maximum absolute atomic E-state index is 13.2. The molecule has 2 rings (SSSR count). The van der Waals surface area contributed by atoms with Crippen LogP contribution in [-0.2, 0) is 0 Å². The molecule has 118 valence electrons. The molecule has 0 fully saturated rings. The van der Waals surface area contributed by atoms with Gasteiger partial charge in [0.05, 0.1) is 4.92 Å². The summed E-state index contributed by atoms with van der Waals surface area (Å²) in [6.07, 6.45) is 0. The van der Waals surface area contributed by atoms with Gasteiger partial charge in [0.2, 0.25) is 5.82 Å². The van der Waals surface area contributed by atoms with Crippen LogP contribution in [0.5, 0.6) is 0 Å². The molecule has 2 aromatic carbocycles. The van der Waals surface area contributed by atoms with Gasteiger partial charge in [0.1, 0.15) is 0 Å². The number of rotatable bonds is 3. The maximum atomic E-state index is 13.2. The lowest BCUT2D eigenvalue weighted by molar-refractivity contribution is -0.387. The molecule has 7 nitrogen and oxygen atoms in total. The molecule has 0 aliphatic rings. The van der Waals surface area contributed by atoms with E-state index in [0.29, 0.717) is 5.56 Å². The zero-order chi connectivity index (χ0) is 17.0. The number of amides is 2. The molecule has 0 aromatic heterocycles. The minimum Gasteiger partial charge on any atom is -0.267 e. The fraction of sp³-hybridized carbons (Fsp3) is 0.0667. The Balaban J connectivity index is 2.08. The topological polar surface area (TPSA) is 101 Å². The second-order valence-corrected chi connectivity index (χ2v) is 4.65. The Hall–Kier alpha value is -3.29. The van der Waals surface area contributed by atoms with Gasteiger partial charge in [-0.3, -0.25) is 30.6 Å². The third kappa shape index (κ3) is 3.67. The Bertz CT molecular complexity index is 792. The Labute approximate surface area is 130 Å². The zero-order valence-corrected chi connectivity index (χ0v) is 12.0. The van der Waals surface area contributed by atoms with E-state index in [1.807, 2.05) is 0 Å². The normalized spacial score (nSPS) is 10.0. The number of carbonyl (C=O) groups excluding carboxylic acids is 2. The molecule has 8 heteroatoms. The van der Waals surface area contributed by atoms with Crippen molar-refractivity contribution in [3.63, 3.8) is 0 Å². The summed E-state index contributed by atoms with van der Waals surface area (Å²) >= 11 is 0. The van der Waals surface area contributed by atoms with Crippen molar-refractivity contribution < 1.29 is 18.9 Å². The first-order valence-corrected chi connectivity index (χ1v) is 6.50. The number of nitro groups is 1. The Morgan fingerprint density at radius 3 is 2.39 bits per heavy atom. The molecule has 0 saturated carbocycles. The summed E-state index contributed by atoms with van der Waals surface area (Å²) in [7, 11) is 0. The molecular formula is C15H12FN3O4. The molecule has 2 N–H and O–H groups in total. The highest BCUT2D eigenvalue weighted by Gasteiger charge is 2.18. The summed E-state index contributed by atoms with van der Waals surface area (Å²) < 4.78 is 13.2. The van der Waals surface area contributed by atoms with E-state index in [0.717, 1.165) is 23.8 Å². The number of hydrazine groups is 1. The number of hydrogen-bond acceptors (Lipinski definition) is 4. The molecule has 0 unspecified atom stereocenters. The van der Waals surface area contributed by atoms with Crippen molar-refractivity contribution >= 4 is 17.5 Å². The van der Waals surface area contributed by atoms with Crippen LogP contribution in [0.3, 0.4) is 0 Å². The number of carbonyl (C=O) groups is 2. The average Bonchev–Trinajstić information content (AvgIpc) is 2.52. The molecule has 0 bridgehead atoms. The number of benzene rings is 2. The number of nitrogens with zero attached hydrogens (tertiary/aromatic N) is 1. The van der Waals surface area contributed by atoms with E-state index < -0.39 is 28.2 Å². The zero-order valence-electron chi connectivity index (χ0n) is 12.0. The summed E-state index contributed by atoms with van der Waals surface area (Å²) in [5.41, 5.74) is 4.45. The van der Waals surface area contributed by atoms with E-state index in [-0.39, 0.29) is 5.56 Å². The highest BCUT2D eigenvalue weighted by atomic mass is 19.1. The summed E-state index contributed by atoms with van der Waals surface area (Å²) in [5, 5.41) is 10.6. The van der Waals surface area contributed by atoms with Crippen LogP contribution in [0.25, 0.3) is 0 Å². The molecule has 0 atom stereocenters. The smallest absolute Gasteiger partial charge is 0.267 e. The second kappa shape index (κ2) is 6.65. The van der Waals surface area contributed by atoms with Gasteiger partial charge in [-0.2, -0.15) is 4.39 Å². The largest absolute Gasteiger partial charge is 0.305 e. The van der Waals surface area contributed by atoms with E-state index in [1.165, 1.54) is 0 Å². The Kier molecular flexibility index (Phi) is 4.65. The average molecular weight is 317 g/mol. The quantitative estimate of drug-likeness (QED) is 0.668. The molecule has 2 amide bonds. The Morgan fingerprint density at radius 2 is 1.74 bits per heavy atom. The van der Waals surface area contributed by atoms with Crippen molar-refractivity contribution in [1.82, 2.24) is 10.9 Å². The molecule has 0 spiro atoms. The Morgan fingerprint density at radius 1 is 1.09 bits per heavy atom. The lowest BCUT2D eigenvalue weighted by Gasteiger charge is -2.09. The van der Waals surface area contributed by atoms with Crippen molar-refractivity contribution in [3.8, 4) is 0 Å². The molecule has 2 aromatic rings. The summed E-state index contributed by atoms with van der Waals surface area (Å²) in [6, 6.07) is 9.45. The van der Waals surface area contributed by atoms with Crippen molar-refractivity contribution in [2.24, 2.45) is 0 Å². The van der Waals surface area contributed by atoms with E-state index in [2.05, 4.69) is 10.9 Å². The van der Waals surface area contributed by atoms with Crippen molar-refractivity contribution in [2.45, 2.75) is 6.92 Å². The first kappa shape index (κ1) is 16.1. The van der Waals surface area contributed by atoms with E-state index in [9.17, 15) is 24.1 Å². The number of hydrogen-bond donors (Lipinski definition) is 2. The SMILES string of the molecule is Cc1ccccc1C(=O)NNC(=O)c1ccc(F)c([N+](=O)[O-])c1. The van der Waals surface area contributed by atoms with E-state index >= 15 is 0 Å². The maximum Gasteiger partial charge on any atom is 0.305 e. The highest BCUT2D eigenvalue weighted by Crippen LogP contribution is 2.18. The molecule has 23 heavy (non-hydrogen) atoms. The van der Waals surface area contributed by atoms with Gasteiger partial charge in [-0.05, 0) is 30.7 Å². The van der Waals surface area contributed by atoms with Gasteiger partial charge in [0.25, 0.3) is 11.8 Å². The minimum atomic E-state index is -1.05. The molecule has 0 heterocycles.